The van der Waals surface area contributed by atoms with Crippen LogP contribution in [0.25, 0.3) is 11.3 Å². The number of anilines is 1. The summed E-state index contributed by atoms with van der Waals surface area (Å²) in [6.07, 6.45) is 0. The maximum absolute atomic E-state index is 13.1. The molecule has 0 spiro atoms. The topological polar surface area (TPSA) is 65.4 Å². The van der Waals surface area contributed by atoms with Crippen molar-refractivity contribution < 1.29 is 18.7 Å². The van der Waals surface area contributed by atoms with E-state index in [0.29, 0.717) is 27.9 Å². The first kappa shape index (κ1) is 18.7. The van der Waals surface area contributed by atoms with Crippen molar-refractivity contribution in [2.45, 2.75) is 0 Å². The molecule has 0 saturated heterocycles. The van der Waals surface area contributed by atoms with Gasteiger partial charge < -0.3 is 14.8 Å². The maximum Gasteiger partial charge on any atom is 0.276 e. The number of benzene rings is 2. The van der Waals surface area contributed by atoms with Crippen molar-refractivity contribution in [2.24, 2.45) is 7.05 Å². The van der Waals surface area contributed by atoms with Crippen LogP contribution in [0.5, 0.6) is 11.5 Å². The molecule has 3 rings (SSSR count). The number of nitrogens with zero attached hydrogens (tertiary/aromatic N) is 2. The van der Waals surface area contributed by atoms with Crippen molar-refractivity contribution >= 4 is 23.2 Å². The largest absolute Gasteiger partial charge is 0.495 e. The molecule has 140 valence electrons. The number of hydrogen-bond donors (Lipinski definition) is 1. The van der Waals surface area contributed by atoms with E-state index < -0.39 is 5.91 Å². The zero-order valence-corrected chi connectivity index (χ0v) is 15.7. The number of halogens is 2. The fourth-order valence-corrected chi connectivity index (χ4v) is 2.84. The number of methoxy groups -OCH3 is 2. The van der Waals surface area contributed by atoms with Gasteiger partial charge in [-0.1, -0.05) is 11.6 Å². The highest BCUT2D eigenvalue weighted by atomic mass is 35.5. The van der Waals surface area contributed by atoms with Crippen LogP contribution in [-0.4, -0.2) is 29.9 Å². The monoisotopic (exact) mass is 389 g/mol. The van der Waals surface area contributed by atoms with Gasteiger partial charge in [-0.15, -0.1) is 0 Å². The second-order valence-electron chi connectivity index (χ2n) is 5.69. The summed E-state index contributed by atoms with van der Waals surface area (Å²) in [7, 11) is 4.66. The van der Waals surface area contributed by atoms with E-state index in [1.165, 1.54) is 26.4 Å². The number of aryl methyl sites for hydroxylation is 1. The molecule has 8 heteroatoms. The Morgan fingerprint density at radius 2 is 1.78 bits per heavy atom. The summed E-state index contributed by atoms with van der Waals surface area (Å²) in [4.78, 5) is 12.6. The maximum atomic E-state index is 13.1. The van der Waals surface area contributed by atoms with Gasteiger partial charge >= 0.3 is 0 Å². The molecule has 0 bridgehead atoms. The second-order valence-corrected chi connectivity index (χ2v) is 6.09. The van der Waals surface area contributed by atoms with Crippen LogP contribution in [0, 0.1) is 5.82 Å². The first-order valence-corrected chi connectivity index (χ1v) is 8.33. The van der Waals surface area contributed by atoms with Gasteiger partial charge in [0, 0.05) is 19.2 Å². The summed E-state index contributed by atoms with van der Waals surface area (Å²) in [5.41, 5.74) is 2.03. The lowest BCUT2D eigenvalue weighted by Crippen LogP contribution is -2.14. The van der Waals surface area contributed by atoms with Crippen LogP contribution in [0.1, 0.15) is 10.5 Å². The molecular weight excluding hydrogens is 373 g/mol. The number of carbonyl (C=O) groups is 1. The minimum atomic E-state index is -0.429. The summed E-state index contributed by atoms with van der Waals surface area (Å²) in [6, 6.07) is 10.7. The number of amides is 1. The predicted octanol–water partition coefficient (Wildman–Crippen LogP) is 4.15. The smallest absolute Gasteiger partial charge is 0.276 e. The summed E-state index contributed by atoms with van der Waals surface area (Å²) in [5.74, 6) is 0.0360. The first-order valence-electron chi connectivity index (χ1n) is 7.95. The minimum absolute atomic E-state index is 0.202. The molecule has 0 aliphatic carbocycles. The van der Waals surface area contributed by atoms with Gasteiger partial charge in [0.25, 0.3) is 5.91 Å². The fraction of sp³-hybridized carbons (Fsp3) is 0.158. The lowest BCUT2D eigenvalue weighted by Gasteiger charge is -2.12. The zero-order valence-electron chi connectivity index (χ0n) is 14.9. The molecule has 3 aromatic rings. The van der Waals surface area contributed by atoms with Gasteiger partial charge in [0.1, 0.15) is 17.3 Å². The number of aromatic nitrogens is 2. The van der Waals surface area contributed by atoms with Crippen LogP contribution in [0.2, 0.25) is 5.02 Å². The first-order chi connectivity index (χ1) is 12.9. The molecule has 0 aliphatic rings. The van der Waals surface area contributed by atoms with Gasteiger partial charge in [-0.25, -0.2) is 4.39 Å². The molecule has 0 saturated carbocycles. The van der Waals surface area contributed by atoms with E-state index in [4.69, 9.17) is 21.1 Å². The van der Waals surface area contributed by atoms with Crippen LogP contribution in [0.3, 0.4) is 0 Å². The molecule has 1 aromatic heterocycles. The van der Waals surface area contributed by atoms with Crippen LogP contribution in [0.4, 0.5) is 10.1 Å². The van der Waals surface area contributed by atoms with Gasteiger partial charge in [0.05, 0.1) is 30.6 Å². The molecular formula is C19H17ClFN3O3. The van der Waals surface area contributed by atoms with Crippen molar-refractivity contribution in [2.75, 3.05) is 19.5 Å². The molecule has 0 radical (unpaired) electrons. The van der Waals surface area contributed by atoms with E-state index in [-0.39, 0.29) is 11.5 Å². The van der Waals surface area contributed by atoms with Gasteiger partial charge in [-0.05, 0) is 35.9 Å². The van der Waals surface area contributed by atoms with Crippen molar-refractivity contribution in [3.8, 4) is 22.8 Å². The highest BCUT2D eigenvalue weighted by Gasteiger charge is 2.17. The Morgan fingerprint density at radius 1 is 1.11 bits per heavy atom. The summed E-state index contributed by atoms with van der Waals surface area (Å²) in [5, 5.41) is 7.34. The summed E-state index contributed by atoms with van der Waals surface area (Å²) >= 11 is 6.08. The Hall–Kier alpha value is -3.06. The molecule has 6 nitrogen and oxygen atoms in total. The van der Waals surface area contributed by atoms with Crippen molar-refractivity contribution in [3.05, 3.63) is 59.0 Å². The number of nitrogens with one attached hydrogen (secondary N) is 1. The Balaban J connectivity index is 1.89. The Kier molecular flexibility index (Phi) is 5.32. The van der Waals surface area contributed by atoms with Crippen LogP contribution < -0.4 is 14.8 Å². The van der Waals surface area contributed by atoms with Crippen molar-refractivity contribution in [1.29, 1.82) is 0 Å². The SMILES string of the molecule is COc1cc(NC(=O)c2cc(-c3ccc(F)cc3)n(C)n2)c(OC)cc1Cl. The lowest BCUT2D eigenvalue weighted by atomic mass is 10.1. The van der Waals surface area contributed by atoms with E-state index in [9.17, 15) is 9.18 Å². The fourth-order valence-electron chi connectivity index (χ4n) is 2.61. The highest BCUT2D eigenvalue weighted by Crippen LogP contribution is 2.36. The summed E-state index contributed by atoms with van der Waals surface area (Å²) < 4.78 is 25.1. The van der Waals surface area contributed by atoms with E-state index in [1.807, 2.05) is 0 Å². The third-order valence-corrected chi connectivity index (χ3v) is 4.27. The standard InChI is InChI=1S/C19H17ClFN3O3/c1-24-16(11-4-6-12(21)7-5-11)9-15(23-24)19(25)22-14-10-17(26-2)13(20)8-18(14)27-3/h4-10H,1-3H3,(H,22,25). The zero-order chi connectivity index (χ0) is 19.6. The third-order valence-electron chi connectivity index (χ3n) is 3.97. The molecule has 0 fully saturated rings. The molecule has 0 atom stereocenters. The number of ether oxygens (including phenoxy) is 2. The van der Waals surface area contributed by atoms with Crippen LogP contribution in [0.15, 0.2) is 42.5 Å². The number of carbonyl (C=O) groups excluding carboxylic acids is 1. The predicted molar refractivity (Wildman–Crippen MR) is 101 cm³/mol. The van der Waals surface area contributed by atoms with Crippen molar-refractivity contribution in [1.82, 2.24) is 9.78 Å². The van der Waals surface area contributed by atoms with Gasteiger partial charge in [-0.3, -0.25) is 9.48 Å². The van der Waals surface area contributed by atoms with E-state index in [2.05, 4.69) is 10.4 Å². The lowest BCUT2D eigenvalue weighted by molar-refractivity contribution is 0.102. The van der Waals surface area contributed by atoms with E-state index in [0.717, 1.165) is 5.56 Å². The average molecular weight is 390 g/mol. The Bertz CT molecular complexity index is 987. The number of rotatable bonds is 5. The quantitative estimate of drug-likeness (QED) is 0.712. The molecule has 1 amide bonds. The third kappa shape index (κ3) is 3.88. The Morgan fingerprint density at radius 3 is 2.41 bits per heavy atom. The molecule has 1 N–H and O–H groups in total. The van der Waals surface area contributed by atoms with Crippen LogP contribution >= 0.6 is 11.6 Å². The van der Waals surface area contributed by atoms with Gasteiger partial charge in [0.2, 0.25) is 0 Å². The average Bonchev–Trinajstić information content (AvgIpc) is 3.05. The van der Waals surface area contributed by atoms with E-state index in [1.54, 1.807) is 42.1 Å². The second kappa shape index (κ2) is 7.67. The van der Waals surface area contributed by atoms with Gasteiger partial charge in [0.15, 0.2) is 5.69 Å². The minimum Gasteiger partial charge on any atom is -0.495 e. The Labute approximate surface area is 160 Å². The molecule has 0 unspecified atom stereocenters. The molecule has 0 aliphatic heterocycles. The van der Waals surface area contributed by atoms with E-state index >= 15 is 0 Å². The normalized spacial score (nSPS) is 10.6. The number of hydrogen-bond acceptors (Lipinski definition) is 4. The van der Waals surface area contributed by atoms with Gasteiger partial charge in [-0.2, -0.15) is 5.10 Å². The summed E-state index contributed by atoms with van der Waals surface area (Å²) in [6.45, 7) is 0. The van der Waals surface area contributed by atoms with Crippen LogP contribution in [-0.2, 0) is 7.05 Å². The highest BCUT2D eigenvalue weighted by molar-refractivity contribution is 6.32. The molecule has 2 aromatic carbocycles. The van der Waals surface area contributed by atoms with Crippen molar-refractivity contribution in [3.63, 3.8) is 0 Å². The molecule has 27 heavy (non-hydrogen) atoms. The molecule has 1 heterocycles.